The highest BCUT2D eigenvalue weighted by atomic mass is 32.2. The molecule has 0 aliphatic heterocycles. The zero-order valence-corrected chi connectivity index (χ0v) is 18.3. The van der Waals surface area contributed by atoms with Gasteiger partial charge < -0.3 is 18.8 Å². The average Bonchev–Trinajstić information content (AvgIpc) is 3.02. The van der Waals surface area contributed by atoms with Crippen molar-refractivity contribution in [3.8, 4) is 11.5 Å². The van der Waals surface area contributed by atoms with E-state index in [4.69, 9.17) is 24.2 Å². The van der Waals surface area contributed by atoms with Crippen molar-refractivity contribution >= 4 is 31.7 Å². The van der Waals surface area contributed by atoms with Crippen LogP contribution in [0.1, 0.15) is 5.56 Å². The number of rotatable bonds is 6. The summed E-state index contributed by atoms with van der Waals surface area (Å²) in [5.41, 5.74) is 1.85. The number of hydrogen-bond acceptors (Lipinski definition) is 7. The van der Waals surface area contributed by atoms with Crippen LogP contribution in [-0.4, -0.2) is 45.5 Å². The van der Waals surface area contributed by atoms with Crippen molar-refractivity contribution in [1.29, 1.82) is 5.41 Å². The third kappa shape index (κ3) is 5.57. The number of ether oxygens (including phenoxy) is 3. The summed E-state index contributed by atoms with van der Waals surface area (Å²) < 4.78 is 48.1. The molecule has 0 saturated carbocycles. The number of aromatic nitrogens is 1. The first-order valence-electron chi connectivity index (χ1n) is 8.55. The van der Waals surface area contributed by atoms with Gasteiger partial charge in [-0.1, -0.05) is 29.0 Å². The van der Waals surface area contributed by atoms with Gasteiger partial charge in [-0.05, 0) is 31.2 Å². The lowest BCUT2D eigenvalue weighted by atomic mass is 10.2. The van der Waals surface area contributed by atoms with Crippen molar-refractivity contribution in [2.75, 3.05) is 27.9 Å². The molecule has 0 radical (unpaired) electrons. The van der Waals surface area contributed by atoms with Gasteiger partial charge in [-0.25, -0.2) is 0 Å². The van der Waals surface area contributed by atoms with Gasteiger partial charge in [0.2, 0.25) is 0 Å². The van der Waals surface area contributed by atoms with Gasteiger partial charge in [-0.2, -0.15) is 8.42 Å². The lowest BCUT2D eigenvalue weighted by Crippen LogP contribution is -2.16. The number of aryl methyl sites for hydroxylation is 1. The first kappa shape index (κ1) is 22.9. The van der Waals surface area contributed by atoms with E-state index in [-0.39, 0.29) is 4.90 Å². The second-order valence-electron chi connectivity index (χ2n) is 5.99. The highest BCUT2D eigenvalue weighted by molar-refractivity contribution is 7.85. The van der Waals surface area contributed by atoms with Crippen LogP contribution in [0.15, 0.2) is 41.3 Å². The third-order valence-electron chi connectivity index (χ3n) is 4.05. The quantitative estimate of drug-likeness (QED) is 0.570. The molecule has 2 aromatic carbocycles. The minimum absolute atomic E-state index is 0.0666. The Labute approximate surface area is 173 Å². The molecule has 3 aromatic rings. The zero-order valence-electron chi connectivity index (χ0n) is 16.6. The highest BCUT2D eigenvalue weighted by Gasteiger charge is 2.14. The van der Waals surface area contributed by atoms with E-state index in [1.807, 2.05) is 23.6 Å². The van der Waals surface area contributed by atoms with E-state index in [1.165, 1.54) is 23.5 Å². The average molecular weight is 441 g/mol. The van der Waals surface area contributed by atoms with E-state index in [0.717, 1.165) is 27.3 Å². The van der Waals surface area contributed by atoms with Gasteiger partial charge in [-0.3, -0.25) is 9.96 Å². The molecule has 0 spiro atoms. The van der Waals surface area contributed by atoms with Crippen LogP contribution in [0.4, 0.5) is 0 Å². The maximum absolute atomic E-state index is 10.5. The summed E-state index contributed by atoms with van der Waals surface area (Å²) in [6, 6.07) is 9.70. The maximum Gasteiger partial charge on any atom is 0.294 e. The van der Waals surface area contributed by atoms with Gasteiger partial charge >= 0.3 is 0 Å². The van der Waals surface area contributed by atoms with Crippen molar-refractivity contribution in [3.63, 3.8) is 0 Å². The van der Waals surface area contributed by atoms with Crippen molar-refractivity contribution in [1.82, 2.24) is 4.57 Å². The summed E-state index contributed by atoms with van der Waals surface area (Å²) in [5, 5.41) is 8.04. The predicted octanol–water partition coefficient (Wildman–Crippen LogP) is 3.09. The fraction of sp³-hybridized carbons (Fsp3) is 0.316. The van der Waals surface area contributed by atoms with E-state index < -0.39 is 10.1 Å². The van der Waals surface area contributed by atoms with Crippen LogP contribution in [0.2, 0.25) is 0 Å². The van der Waals surface area contributed by atoms with Crippen LogP contribution < -0.4 is 14.3 Å². The number of hydrogen-bond donors (Lipinski definition) is 2. The molecule has 0 amide bonds. The Bertz CT molecular complexity index is 1120. The molecule has 0 bridgehead atoms. The molecule has 1 heterocycles. The van der Waals surface area contributed by atoms with Gasteiger partial charge in [0.05, 0.1) is 25.7 Å². The first-order valence-corrected chi connectivity index (χ1v) is 10.8. The smallest absolute Gasteiger partial charge is 0.294 e. The van der Waals surface area contributed by atoms with Crippen LogP contribution in [-0.2, 0) is 21.4 Å². The fourth-order valence-corrected chi connectivity index (χ4v) is 4.10. The molecule has 29 heavy (non-hydrogen) atoms. The molecule has 0 unspecified atom stereocenters. The molecular formula is C19H24N2O6S2. The van der Waals surface area contributed by atoms with Crippen LogP contribution >= 0.6 is 11.3 Å². The number of nitrogens with one attached hydrogen (secondary N) is 1. The van der Waals surface area contributed by atoms with Gasteiger partial charge in [0, 0.05) is 13.7 Å². The largest absolute Gasteiger partial charge is 0.495 e. The van der Waals surface area contributed by atoms with Gasteiger partial charge in [-0.15, -0.1) is 0 Å². The molecule has 0 atom stereocenters. The lowest BCUT2D eigenvalue weighted by molar-refractivity contribution is 0.187. The second kappa shape index (κ2) is 9.88. The molecule has 0 saturated heterocycles. The van der Waals surface area contributed by atoms with Crippen molar-refractivity contribution in [2.45, 2.75) is 18.4 Å². The molecular weight excluding hydrogens is 416 g/mol. The van der Waals surface area contributed by atoms with Gasteiger partial charge in [0.25, 0.3) is 10.1 Å². The Morgan fingerprint density at radius 3 is 2.14 bits per heavy atom. The van der Waals surface area contributed by atoms with Crippen LogP contribution in [0.5, 0.6) is 11.5 Å². The summed E-state index contributed by atoms with van der Waals surface area (Å²) in [7, 11) is 0.887. The zero-order chi connectivity index (χ0) is 21.6. The maximum atomic E-state index is 10.5. The van der Waals surface area contributed by atoms with E-state index in [9.17, 15) is 8.42 Å². The number of thiazole rings is 1. The number of benzene rings is 2. The lowest BCUT2D eigenvalue weighted by Gasteiger charge is -2.09. The van der Waals surface area contributed by atoms with E-state index in [2.05, 4.69) is 0 Å². The standard InChI is InChI=1S/C12H16N2O3S.C7H8O3S/c1-15-7-6-14-10-8(16-2)4-5-9(17-3)11(10)18-12(14)13;1-6-2-4-7(5-3-6)11(8,9)10/h4-5,13H,6-7H2,1-3H3;2-5H,1H3,(H,8,9,10). The molecule has 0 aliphatic rings. The SMILES string of the molecule is COCCn1c(=N)sc2c(OC)ccc(OC)c21.Cc1ccc(S(=O)(=O)O)cc1. The summed E-state index contributed by atoms with van der Waals surface area (Å²) in [6.45, 7) is 3.02. The van der Waals surface area contributed by atoms with E-state index >= 15 is 0 Å². The molecule has 3 rings (SSSR count). The predicted molar refractivity (Wildman–Crippen MR) is 112 cm³/mol. The van der Waals surface area contributed by atoms with Gasteiger partial charge in [0.1, 0.15) is 21.7 Å². The second-order valence-corrected chi connectivity index (χ2v) is 8.41. The summed E-state index contributed by atoms with van der Waals surface area (Å²) in [4.78, 5) is 0.396. The van der Waals surface area contributed by atoms with Crippen molar-refractivity contribution in [3.05, 3.63) is 46.8 Å². The van der Waals surface area contributed by atoms with E-state index in [0.29, 0.717) is 18.0 Å². The first-order chi connectivity index (χ1) is 13.7. The Morgan fingerprint density at radius 2 is 1.62 bits per heavy atom. The number of fused-ring (bicyclic) bond motifs is 1. The molecule has 8 nitrogen and oxygen atoms in total. The minimum Gasteiger partial charge on any atom is -0.495 e. The van der Waals surface area contributed by atoms with Crippen LogP contribution in [0, 0.1) is 12.3 Å². The Hall–Kier alpha value is -2.40. The fourth-order valence-electron chi connectivity index (χ4n) is 2.57. The van der Waals surface area contributed by atoms with E-state index in [1.54, 1.807) is 33.5 Å². The molecule has 158 valence electrons. The summed E-state index contributed by atoms with van der Waals surface area (Å²) in [6.07, 6.45) is 0. The highest BCUT2D eigenvalue weighted by Crippen LogP contribution is 2.34. The minimum atomic E-state index is -4.02. The monoisotopic (exact) mass is 440 g/mol. The Kier molecular flexibility index (Phi) is 7.80. The molecule has 2 N–H and O–H groups in total. The molecule has 0 aliphatic carbocycles. The summed E-state index contributed by atoms with van der Waals surface area (Å²) >= 11 is 1.38. The van der Waals surface area contributed by atoms with Crippen LogP contribution in [0.3, 0.4) is 0 Å². The normalized spacial score (nSPS) is 11.1. The van der Waals surface area contributed by atoms with Gasteiger partial charge in [0.15, 0.2) is 4.80 Å². The number of nitrogens with zero attached hydrogens (tertiary/aromatic N) is 1. The Morgan fingerprint density at radius 1 is 1.03 bits per heavy atom. The topological polar surface area (TPSA) is 111 Å². The Balaban J connectivity index is 0.000000234. The molecule has 10 heteroatoms. The number of methoxy groups -OCH3 is 3. The summed E-state index contributed by atoms with van der Waals surface area (Å²) in [5.74, 6) is 1.51. The molecule has 1 aromatic heterocycles. The molecule has 0 fully saturated rings. The van der Waals surface area contributed by atoms with Crippen LogP contribution in [0.25, 0.3) is 10.2 Å². The van der Waals surface area contributed by atoms with Crippen molar-refractivity contribution in [2.24, 2.45) is 0 Å². The third-order valence-corrected chi connectivity index (χ3v) is 5.93. The van der Waals surface area contributed by atoms with Crippen molar-refractivity contribution < 1.29 is 27.2 Å².